The molecule has 108 valence electrons. The number of halogens is 1. The van der Waals surface area contributed by atoms with E-state index < -0.39 is 10.0 Å². The maximum absolute atomic E-state index is 11.8. The Morgan fingerprint density at radius 3 is 2.89 bits per heavy atom. The topological polar surface area (TPSA) is 58.6 Å². The lowest BCUT2D eigenvalue weighted by Gasteiger charge is -2.32. The normalized spacial score (nSPS) is 24.1. The van der Waals surface area contributed by atoms with Crippen LogP contribution < -0.4 is 4.72 Å². The van der Waals surface area contributed by atoms with Crippen molar-refractivity contribution in [2.45, 2.75) is 20.0 Å². The Bertz CT molecular complexity index is 337. The van der Waals surface area contributed by atoms with Crippen molar-refractivity contribution in [3.8, 4) is 0 Å². The van der Waals surface area contributed by atoms with E-state index >= 15 is 0 Å². The Morgan fingerprint density at radius 2 is 2.28 bits per heavy atom. The number of alkyl halides is 1. The smallest absolute Gasteiger partial charge is 0.211 e. The monoisotopic (exact) mass is 298 g/mol. The fourth-order valence-corrected chi connectivity index (χ4v) is 3.55. The number of rotatable bonds is 7. The first kappa shape index (κ1) is 16.2. The fourth-order valence-electron chi connectivity index (χ4n) is 1.89. The zero-order chi connectivity index (χ0) is 13.6. The molecule has 2 atom stereocenters. The van der Waals surface area contributed by atoms with Gasteiger partial charge in [-0.1, -0.05) is 13.8 Å². The summed E-state index contributed by atoms with van der Waals surface area (Å²) in [7, 11) is -3.25. The average Bonchev–Trinajstić information content (AvgIpc) is 2.36. The molecule has 0 aromatic heterocycles. The summed E-state index contributed by atoms with van der Waals surface area (Å²) in [4.78, 5) is 2.25. The fraction of sp³-hybridized carbons (Fsp3) is 1.00. The van der Waals surface area contributed by atoms with Crippen LogP contribution in [-0.4, -0.2) is 63.8 Å². The van der Waals surface area contributed by atoms with Crippen LogP contribution in [0.2, 0.25) is 0 Å². The van der Waals surface area contributed by atoms with Crippen LogP contribution in [0.3, 0.4) is 0 Å². The Kier molecular flexibility index (Phi) is 6.87. The second-order valence-electron chi connectivity index (χ2n) is 4.78. The lowest BCUT2D eigenvalue weighted by atomic mass is 10.3. The lowest BCUT2D eigenvalue weighted by molar-refractivity contribution is -0.0229. The van der Waals surface area contributed by atoms with Crippen LogP contribution in [0.5, 0.6) is 0 Å². The van der Waals surface area contributed by atoms with Crippen molar-refractivity contribution in [3.05, 3.63) is 0 Å². The van der Waals surface area contributed by atoms with Crippen molar-refractivity contribution in [1.29, 1.82) is 0 Å². The first-order chi connectivity index (χ1) is 8.46. The second-order valence-corrected chi connectivity index (χ2v) is 6.94. The average molecular weight is 299 g/mol. The van der Waals surface area contributed by atoms with E-state index in [-0.39, 0.29) is 17.8 Å². The molecule has 0 bridgehead atoms. The molecule has 1 fully saturated rings. The molecule has 18 heavy (non-hydrogen) atoms. The molecule has 0 aliphatic carbocycles. The summed E-state index contributed by atoms with van der Waals surface area (Å²) in [6, 6.07) is 0. The molecule has 0 aromatic rings. The largest absolute Gasteiger partial charge is 0.374 e. The number of hydrogen-bond acceptors (Lipinski definition) is 4. The highest BCUT2D eigenvalue weighted by Gasteiger charge is 2.22. The van der Waals surface area contributed by atoms with Crippen LogP contribution in [0.1, 0.15) is 13.8 Å². The minimum atomic E-state index is -3.25. The number of hydrogen-bond donors (Lipinski definition) is 1. The summed E-state index contributed by atoms with van der Waals surface area (Å²) in [5, 5.41) is 0. The van der Waals surface area contributed by atoms with Gasteiger partial charge >= 0.3 is 0 Å². The lowest BCUT2D eigenvalue weighted by Crippen LogP contribution is -2.47. The summed E-state index contributed by atoms with van der Waals surface area (Å²) in [6.07, 6.45) is -0.0558. The highest BCUT2D eigenvalue weighted by Crippen LogP contribution is 2.06. The van der Waals surface area contributed by atoms with E-state index in [2.05, 4.69) is 16.5 Å². The quantitative estimate of drug-likeness (QED) is 0.696. The summed E-state index contributed by atoms with van der Waals surface area (Å²) >= 11 is 5.62. The highest BCUT2D eigenvalue weighted by molar-refractivity contribution is 7.89. The molecule has 0 saturated carbocycles. The van der Waals surface area contributed by atoms with Crippen LogP contribution in [0.4, 0.5) is 0 Å². The van der Waals surface area contributed by atoms with Gasteiger partial charge in [0.1, 0.15) is 0 Å². The number of likely N-dealkylation sites (N-methyl/N-ethyl adjacent to an activating group) is 1. The summed E-state index contributed by atoms with van der Waals surface area (Å²) in [6.45, 7) is 7.59. The molecular formula is C11H23ClN2O3S. The second kappa shape index (κ2) is 7.65. The van der Waals surface area contributed by atoms with Gasteiger partial charge in [-0.05, 0) is 12.5 Å². The van der Waals surface area contributed by atoms with E-state index in [1.54, 1.807) is 0 Å². The van der Waals surface area contributed by atoms with Gasteiger partial charge in [0.15, 0.2) is 0 Å². The van der Waals surface area contributed by atoms with Gasteiger partial charge in [-0.15, -0.1) is 11.6 Å². The standard InChI is InChI=1S/C11H23ClN2O3S/c1-3-14-4-5-17-11(8-14)7-13-18(15,16)9-10(2)6-12/h10-11,13H,3-9H2,1-2H3. The predicted octanol–water partition coefficient (Wildman–Crippen LogP) is 0.501. The van der Waals surface area contributed by atoms with Crippen molar-refractivity contribution in [3.63, 3.8) is 0 Å². The minimum absolute atomic E-state index is 0.0384. The molecule has 1 rings (SSSR count). The third kappa shape index (κ3) is 5.84. The molecule has 1 aliphatic heterocycles. The van der Waals surface area contributed by atoms with E-state index in [9.17, 15) is 8.42 Å². The molecule has 0 aromatic carbocycles. The van der Waals surface area contributed by atoms with E-state index in [0.29, 0.717) is 19.0 Å². The van der Waals surface area contributed by atoms with Crippen LogP contribution in [0, 0.1) is 5.92 Å². The van der Waals surface area contributed by atoms with Crippen molar-refractivity contribution in [1.82, 2.24) is 9.62 Å². The van der Waals surface area contributed by atoms with E-state index in [0.717, 1.165) is 19.6 Å². The highest BCUT2D eigenvalue weighted by atomic mass is 35.5. The number of morpholine rings is 1. The molecule has 1 N–H and O–H groups in total. The molecule has 0 amide bonds. The van der Waals surface area contributed by atoms with Gasteiger partial charge in [-0.3, -0.25) is 4.90 Å². The van der Waals surface area contributed by atoms with Crippen LogP contribution in [0.15, 0.2) is 0 Å². The molecular weight excluding hydrogens is 276 g/mol. The van der Waals surface area contributed by atoms with Gasteiger partial charge in [0.25, 0.3) is 0 Å². The molecule has 0 spiro atoms. The van der Waals surface area contributed by atoms with Crippen LogP contribution in [0.25, 0.3) is 0 Å². The SMILES string of the molecule is CCN1CCOC(CNS(=O)(=O)CC(C)CCl)C1. The molecule has 0 radical (unpaired) electrons. The molecule has 2 unspecified atom stereocenters. The first-order valence-corrected chi connectivity index (χ1v) is 8.52. The molecule has 5 nitrogen and oxygen atoms in total. The van der Waals surface area contributed by atoms with E-state index in [1.165, 1.54) is 0 Å². The van der Waals surface area contributed by atoms with E-state index in [4.69, 9.17) is 16.3 Å². The summed E-state index contributed by atoms with van der Waals surface area (Å²) in [5.74, 6) is 0.383. The van der Waals surface area contributed by atoms with Gasteiger partial charge in [-0.25, -0.2) is 13.1 Å². The molecule has 1 aliphatic rings. The Labute approximate surface area is 115 Å². The van der Waals surface area contributed by atoms with E-state index in [1.807, 2.05) is 6.92 Å². The van der Waals surface area contributed by atoms with Gasteiger partial charge in [0, 0.05) is 25.5 Å². The predicted molar refractivity (Wildman–Crippen MR) is 73.5 cm³/mol. The third-order valence-electron chi connectivity index (χ3n) is 2.97. The number of ether oxygens (including phenoxy) is 1. The van der Waals surface area contributed by atoms with Gasteiger partial charge < -0.3 is 4.74 Å². The molecule has 1 saturated heterocycles. The zero-order valence-corrected chi connectivity index (χ0v) is 12.6. The number of nitrogens with one attached hydrogen (secondary N) is 1. The van der Waals surface area contributed by atoms with Gasteiger partial charge in [0.05, 0.1) is 18.5 Å². The summed E-state index contributed by atoms with van der Waals surface area (Å²) in [5.41, 5.74) is 0. The Balaban J connectivity index is 2.35. The molecule has 7 heteroatoms. The maximum Gasteiger partial charge on any atom is 0.211 e. The Morgan fingerprint density at radius 1 is 1.56 bits per heavy atom. The summed E-state index contributed by atoms with van der Waals surface area (Å²) < 4.78 is 31.7. The van der Waals surface area contributed by atoms with Crippen LogP contribution in [-0.2, 0) is 14.8 Å². The number of nitrogens with zero attached hydrogens (tertiary/aromatic N) is 1. The first-order valence-electron chi connectivity index (χ1n) is 6.34. The molecule has 1 heterocycles. The van der Waals surface area contributed by atoms with Crippen molar-refractivity contribution >= 4 is 21.6 Å². The Hall–Kier alpha value is 0.120. The van der Waals surface area contributed by atoms with Crippen LogP contribution >= 0.6 is 11.6 Å². The maximum atomic E-state index is 11.8. The van der Waals surface area contributed by atoms with Gasteiger partial charge in [0.2, 0.25) is 10.0 Å². The van der Waals surface area contributed by atoms with Crippen molar-refractivity contribution in [2.75, 3.05) is 44.4 Å². The zero-order valence-electron chi connectivity index (χ0n) is 11.1. The van der Waals surface area contributed by atoms with Gasteiger partial charge in [-0.2, -0.15) is 0 Å². The minimum Gasteiger partial charge on any atom is -0.374 e. The van der Waals surface area contributed by atoms with Crippen molar-refractivity contribution < 1.29 is 13.2 Å². The van der Waals surface area contributed by atoms with Crippen molar-refractivity contribution in [2.24, 2.45) is 5.92 Å². The third-order valence-corrected chi connectivity index (χ3v) is 5.11. The number of sulfonamides is 1.